The molecule has 0 heterocycles. The second-order valence-corrected chi connectivity index (χ2v) is 3.74. The van der Waals surface area contributed by atoms with E-state index in [1.165, 1.54) is 0 Å². The molecule has 3 heteroatoms. The van der Waals surface area contributed by atoms with E-state index >= 15 is 0 Å². The minimum Gasteiger partial charge on any atom is -0.479 e. The van der Waals surface area contributed by atoms with Crippen LogP contribution in [-0.2, 0) is 16.0 Å². The third-order valence-corrected chi connectivity index (χ3v) is 2.36. The van der Waals surface area contributed by atoms with E-state index in [0.29, 0.717) is 13.0 Å². The van der Waals surface area contributed by atoms with Crippen LogP contribution in [0.15, 0.2) is 30.3 Å². The molecular weight excluding hydrogens is 204 g/mol. The molecule has 0 spiro atoms. The quantitative estimate of drug-likeness (QED) is 0.721. The van der Waals surface area contributed by atoms with Crippen LogP contribution in [0.25, 0.3) is 0 Å². The van der Waals surface area contributed by atoms with Crippen molar-refractivity contribution in [3.8, 4) is 0 Å². The Morgan fingerprint density at radius 3 is 2.62 bits per heavy atom. The topological polar surface area (TPSA) is 46.5 Å². The van der Waals surface area contributed by atoms with Gasteiger partial charge in [-0.15, -0.1) is 0 Å². The number of aliphatic carboxylic acids is 1. The summed E-state index contributed by atoms with van der Waals surface area (Å²) in [7, 11) is 0. The summed E-state index contributed by atoms with van der Waals surface area (Å²) in [6.07, 6.45) is 1.62. The van der Waals surface area contributed by atoms with Gasteiger partial charge in [0.2, 0.25) is 0 Å². The molecule has 0 saturated heterocycles. The molecule has 1 atom stereocenters. The summed E-state index contributed by atoms with van der Waals surface area (Å²) in [4.78, 5) is 11.0. The Kier molecular flexibility index (Phi) is 5.57. The molecular formula is C13H18O3. The number of hydrogen-bond acceptors (Lipinski definition) is 2. The zero-order valence-corrected chi connectivity index (χ0v) is 9.56. The predicted octanol–water partition coefficient (Wildman–Crippen LogP) is 2.50. The number of benzene rings is 1. The summed E-state index contributed by atoms with van der Waals surface area (Å²) in [6.45, 7) is 2.57. The number of unbranched alkanes of at least 4 members (excludes halogenated alkanes) is 1. The molecule has 3 nitrogen and oxygen atoms in total. The second-order valence-electron chi connectivity index (χ2n) is 3.74. The zero-order chi connectivity index (χ0) is 11.8. The van der Waals surface area contributed by atoms with Crippen molar-refractivity contribution in [2.45, 2.75) is 32.3 Å². The Morgan fingerprint density at radius 2 is 2.06 bits per heavy atom. The molecule has 0 aliphatic carbocycles. The third-order valence-electron chi connectivity index (χ3n) is 2.36. The Balaban J connectivity index is 2.48. The van der Waals surface area contributed by atoms with Crippen molar-refractivity contribution in [3.63, 3.8) is 0 Å². The molecule has 1 aromatic carbocycles. The molecule has 1 aromatic rings. The van der Waals surface area contributed by atoms with Crippen molar-refractivity contribution >= 4 is 5.97 Å². The largest absolute Gasteiger partial charge is 0.479 e. The van der Waals surface area contributed by atoms with E-state index in [-0.39, 0.29) is 0 Å². The first-order chi connectivity index (χ1) is 7.74. The Labute approximate surface area is 96.1 Å². The summed E-state index contributed by atoms with van der Waals surface area (Å²) in [6, 6.07) is 9.55. The van der Waals surface area contributed by atoms with Gasteiger partial charge in [-0.05, 0) is 12.0 Å². The smallest absolute Gasteiger partial charge is 0.333 e. The number of rotatable bonds is 7. The standard InChI is InChI=1S/C13H18O3/c1-2-3-9-16-12(13(14)15)10-11-7-5-4-6-8-11/h4-8,12H,2-3,9-10H2,1H3,(H,14,15). The highest BCUT2D eigenvalue weighted by molar-refractivity contribution is 5.72. The van der Waals surface area contributed by atoms with Crippen LogP contribution in [0.1, 0.15) is 25.3 Å². The van der Waals surface area contributed by atoms with Crippen LogP contribution in [0.4, 0.5) is 0 Å². The molecule has 0 amide bonds. The SMILES string of the molecule is CCCCOC(Cc1ccccc1)C(=O)O. The minimum absolute atomic E-state index is 0.430. The maximum atomic E-state index is 11.0. The molecule has 0 bridgehead atoms. The van der Waals surface area contributed by atoms with Crippen LogP contribution in [0.5, 0.6) is 0 Å². The van der Waals surface area contributed by atoms with Crippen LogP contribution in [0.3, 0.4) is 0 Å². The fourth-order valence-corrected chi connectivity index (χ4v) is 1.42. The highest BCUT2D eigenvalue weighted by Gasteiger charge is 2.17. The van der Waals surface area contributed by atoms with Gasteiger partial charge in [-0.1, -0.05) is 43.7 Å². The van der Waals surface area contributed by atoms with Gasteiger partial charge in [0.25, 0.3) is 0 Å². The number of ether oxygens (including phenoxy) is 1. The highest BCUT2D eigenvalue weighted by atomic mass is 16.5. The van der Waals surface area contributed by atoms with Crippen molar-refractivity contribution in [2.24, 2.45) is 0 Å². The van der Waals surface area contributed by atoms with E-state index in [0.717, 1.165) is 18.4 Å². The van der Waals surface area contributed by atoms with Crippen molar-refractivity contribution in [1.82, 2.24) is 0 Å². The lowest BCUT2D eigenvalue weighted by molar-refractivity contribution is -0.150. The van der Waals surface area contributed by atoms with E-state index in [1.54, 1.807) is 0 Å². The minimum atomic E-state index is -0.889. The third kappa shape index (κ3) is 4.45. The lowest BCUT2D eigenvalue weighted by Gasteiger charge is -2.13. The first-order valence-corrected chi connectivity index (χ1v) is 5.62. The van der Waals surface area contributed by atoms with Crippen LogP contribution >= 0.6 is 0 Å². The summed E-state index contributed by atoms with van der Waals surface area (Å²) >= 11 is 0. The van der Waals surface area contributed by atoms with E-state index in [9.17, 15) is 4.79 Å². The molecule has 1 unspecified atom stereocenters. The molecule has 0 aliphatic heterocycles. The van der Waals surface area contributed by atoms with E-state index < -0.39 is 12.1 Å². The Hall–Kier alpha value is -1.35. The van der Waals surface area contributed by atoms with Gasteiger partial charge >= 0.3 is 5.97 Å². The lowest BCUT2D eigenvalue weighted by Crippen LogP contribution is -2.26. The van der Waals surface area contributed by atoms with Crippen LogP contribution in [-0.4, -0.2) is 23.8 Å². The average Bonchev–Trinajstić information content (AvgIpc) is 2.29. The maximum absolute atomic E-state index is 11.0. The van der Waals surface area contributed by atoms with Gasteiger partial charge in [0.1, 0.15) is 0 Å². The van der Waals surface area contributed by atoms with Gasteiger partial charge in [-0.25, -0.2) is 4.79 Å². The van der Waals surface area contributed by atoms with Crippen molar-refractivity contribution in [3.05, 3.63) is 35.9 Å². The average molecular weight is 222 g/mol. The fourth-order valence-electron chi connectivity index (χ4n) is 1.42. The zero-order valence-electron chi connectivity index (χ0n) is 9.56. The first kappa shape index (κ1) is 12.7. The van der Waals surface area contributed by atoms with Gasteiger partial charge in [0.15, 0.2) is 6.10 Å². The molecule has 0 aliphatic rings. The van der Waals surface area contributed by atoms with Gasteiger partial charge in [-0.3, -0.25) is 0 Å². The summed E-state index contributed by atoms with van der Waals surface area (Å²) in [5, 5.41) is 9.01. The summed E-state index contributed by atoms with van der Waals surface area (Å²) in [5.74, 6) is -0.889. The number of carbonyl (C=O) groups is 1. The molecule has 88 valence electrons. The summed E-state index contributed by atoms with van der Waals surface area (Å²) < 4.78 is 5.35. The summed E-state index contributed by atoms with van der Waals surface area (Å²) in [5.41, 5.74) is 0.992. The van der Waals surface area contributed by atoms with Gasteiger partial charge in [0.05, 0.1) is 0 Å². The fraction of sp³-hybridized carbons (Fsp3) is 0.462. The van der Waals surface area contributed by atoms with E-state index in [1.807, 2.05) is 30.3 Å². The number of carboxylic acid groups (broad SMARTS) is 1. The van der Waals surface area contributed by atoms with Crippen molar-refractivity contribution in [2.75, 3.05) is 6.61 Å². The number of hydrogen-bond donors (Lipinski definition) is 1. The predicted molar refractivity (Wildman–Crippen MR) is 62.4 cm³/mol. The number of carboxylic acids is 1. The Bertz CT molecular complexity index is 308. The van der Waals surface area contributed by atoms with Crippen LogP contribution in [0, 0.1) is 0 Å². The highest BCUT2D eigenvalue weighted by Crippen LogP contribution is 2.07. The van der Waals surface area contributed by atoms with Crippen molar-refractivity contribution < 1.29 is 14.6 Å². The molecule has 0 saturated carbocycles. The molecule has 1 rings (SSSR count). The lowest BCUT2D eigenvalue weighted by atomic mass is 10.1. The molecule has 1 N–H and O–H groups in total. The van der Waals surface area contributed by atoms with Gasteiger partial charge in [-0.2, -0.15) is 0 Å². The van der Waals surface area contributed by atoms with Gasteiger partial charge in [0, 0.05) is 13.0 Å². The van der Waals surface area contributed by atoms with Crippen LogP contribution < -0.4 is 0 Å². The molecule has 16 heavy (non-hydrogen) atoms. The monoisotopic (exact) mass is 222 g/mol. The van der Waals surface area contributed by atoms with E-state index in [4.69, 9.17) is 9.84 Å². The molecule has 0 fully saturated rings. The first-order valence-electron chi connectivity index (χ1n) is 5.62. The second kappa shape index (κ2) is 7.01. The van der Waals surface area contributed by atoms with E-state index in [2.05, 4.69) is 6.92 Å². The van der Waals surface area contributed by atoms with Crippen molar-refractivity contribution in [1.29, 1.82) is 0 Å². The van der Waals surface area contributed by atoms with Crippen LogP contribution in [0.2, 0.25) is 0 Å². The molecule has 0 aromatic heterocycles. The van der Waals surface area contributed by atoms with Gasteiger partial charge < -0.3 is 9.84 Å². The molecule has 0 radical (unpaired) electrons. The Morgan fingerprint density at radius 1 is 1.38 bits per heavy atom. The maximum Gasteiger partial charge on any atom is 0.333 e. The normalized spacial score (nSPS) is 12.3.